The Morgan fingerprint density at radius 1 is 0.879 bits per heavy atom. The first-order valence-electron chi connectivity index (χ1n) is 10.2. The second-order valence-electron chi connectivity index (χ2n) is 7.40. The highest BCUT2D eigenvalue weighted by Crippen LogP contribution is 2.15. The van der Waals surface area contributed by atoms with Crippen molar-refractivity contribution in [3.8, 4) is 0 Å². The van der Waals surface area contributed by atoms with Crippen molar-refractivity contribution in [1.82, 2.24) is 14.9 Å². The number of carbonyl (C=O) groups is 2. The summed E-state index contributed by atoms with van der Waals surface area (Å²) in [7, 11) is 0. The Bertz CT molecular complexity index is 1250. The quantitative estimate of drug-likeness (QED) is 0.410. The Labute approximate surface area is 195 Å². The summed E-state index contributed by atoms with van der Waals surface area (Å²) < 4.78 is 14.8. The Morgan fingerprint density at radius 3 is 2.24 bits per heavy atom. The number of carbonyl (C=O) groups excluding carboxylic acids is 2. The SMILES string of the molecule is O=C(Nc1ccc(Cn2cnc(C(=O)NCc3ccc(F)cc3)c2)cc1)c1ccc(Cl)cc1. The minimum atomic E-state index is -0.319. The lowest BCUT2D eigenvalue weighted by atomic mass is 10.2. The molecule has 0 saturated carbocycles. The smallest absolute Gasteiger partial charge is 0.271 e. The number of anilines is 1. The fourth-order valence-corrected chi connectivity index (χ4v) is 3.27. The molecule has 0 aliphatic rings. The molecule has 1 aromatic heterocycles. The van der Waals surface area contributed by atoms with Gasteiger partial charge < -0.3 is 15.2 Å². The molecule has 3 aromatic carbocycles. The lowest BCUT2D eigenvalue weighted by Crippen LogP contribution is -2.23. The van der Waals surface area contributed by atoms with Crippen LogP contribution in [-0.4, -0.2) is 21.4 Å². The molecule has 33 heavy (non-hydrogen) atoms. The molecule has 0 radical (unpaired) electrons. The van der Waals surface area contributed by atoms with Crippen LogP contribution in [0.2, 0.25) is 5.02 Å². The van der Waals surface area contributed by atoms with Gasteiger partial charge >= 0.3 is 0 Å². The molecule has 4 aromatic rings. The zero-order valence-electron chi connectivity index (χ0n) is 17.5. The number of aromatic nitrogens is 2. The fourth-order valence-electron chi connectivity index (χ4n) is 3.15. The topological polar surface area (TPSA) is 76.0 Å². The van der Waals surface area contributed by atoms with Crippen molar-refractivity contribution >= 4 is 29.1 Å². The molecule has 0 saturated heterocycles. The van der Waals surface area contributed by atoms with E-state index in [1.807, 2.05) is 24.3 Å². The average molecular weight is 463 g/mol. The summed E-state index contributed by atoms with van der Waals surface area (Å²) >= 11 is 5.85. The van der Waals surface area contributed by atoms with E-state index in [2.05, 4.69) is 15.6 Å². The minimum absolute atomic E-state index is 0.217. The number of hydrogen-bond donors (Lipinski definition) is 2. The third-order valence-corrected chi connectivity index (χ3v) is 5.17. The molecule has 166 valence electrons. The van der Waals surface area contributed by atoms with E-state index in [-0.39, 0.29) is 24.2 Å². The van der Waals surface area contributed by atoms with E-state index in [9.17, 15) is 14.0 Å². The lowest BCUT2D eigenvalue weighted by Gasteiger charge is -2.07. The molecule has 4 rings (SSSR count). The van der Waals surface area contributed by atoms with Crippen LogP contribution in [0.15, 0.2) is 85.3 Å². The minimum Gasteiger partial charge on any atom is -0.347 e. The first-order valence-corrected chi connectivity index (χ1v) is 10.5. The number of nitrogens with one attached hydrogen (secondary N) is 2. The molecule has 8 heteroatoms. The number of imidazole rings is 1. The van der Waals surface area contributed by atoms with Gasteiger partial charge in [0.15, 0.2) is 0 Å². The lowest BCUT2D eigenvalue weighted by molar-refractivity contribution is 0.0945. The number of hydrogen-bond acceptors (Lipinski definition) is 3. The molecule has 0 aliphatic carbocycles. The van der Waals surface area contributed by atoms with Gasteiger partial charge in [0, 0.05) is 35.6 Å². The van der Waals surface area contributed by atoms with E-state index >= 15 is 0 Å². The van der Waals surface area contributed by atoms with Gasteiger partial charge in [-0.25, -0.2) is 9.37 Å². The van der Waals surface area contributed by atoms with Crippen LogP contribution in [0.3, 0.4) is 0 Å². The van der Waals surface area contributed by atoms with Gasteiger partial charge in [-0.05, 0) is 59.7 Å². The highest BCUT2D eigenvalue weighted by molar-refractivity contribution is 6.30. The summed E-state index contributed by atoms with van der Waals surface area (Å²) in [4.78, 5) is 28.8. The van der Waals surface area contributed by atoms with Crippen molar-refractivity contribution in [3.63, 3.8) is 0 Å². The number of amides is 2. The average Bonchev–Trinajstić information content (AvgIpc) is 3.29. The van der Waals surface area contributed by atoms with Crippen LogP contribution in [0.5, 0.6) is 0 Å². The van der Waals surface area contributed by atoms with Crippen molar-refractivity contribution in [2.75, 3.05) is 5.32 Å². The maximum absolute atomic E-state index is 13.0. The molecular formula is C25H20ClFN4O2. The summed E-state index contributed by atoms with van der Waals surface area (Å²) in [6.45, 7) is 0.804. The molecule has 0 aliphatic heterocycles. The van der Waals surface area contributed by atoms with Crippen LogP contribution in [0, 0.1) is 5.82 Å². The Morgan fingerprint density at radius 2 is 1.55 bits per heavy atom. The van der Waals surface area contributed by atoms with E-state index in [1.54, 1.807) is 53.5 Å². The zero-order valence-corrected chi connectivity index (χ0v) is 18.2. The van der Waals surface area contributed by atoms with Crippen molar-refractivity contribution in [2.45, 2.75) is 13.1 Å². The molecule has 0 spiro atoms. The predicted octanol–water partition coefficient (Wildman–Crippen LogP) is 4.91. The molecule has 6 nitrogen and oxygen atoms in total. The number of halogens is 2. The number of nitrogens with zero attached hydrogens (tertiary/aromatic N) is 2. The van der Waals surface area contributed by atoms with Crippen LogP contribution in [0.1, 0.15) is 32.0 Å². The summed E-state index contributed by atoms with van der Waals surface area (Å²) in [5.74, 6) is -0.843. The summed E-state index contributed by atoms with van der Waals surface area (Å²) in [5.41, 5.74) is 3.27. The Kier molecular flexibility index (Phi) is 6.80. The highest BCUT2D eigenvalue weighted by Gasteiger charge is 2.10. The van der Waals surface area contributed by atoms with Gasteiger partial charge in [-0.2, -0.15) is 0 Å². The molecule has 1 heterocycles. The second kappa shape index (κ2) is 10.1. The van der Waals surface area contributed by atoms with Gasteiger partial charge in [-0.15, -0.1) is 0 Å². The highest BCUT2D eigenvalue weighted by atomic mass is 35.5. The van der Waals surface area contributed by atoms with Crippen LogP contribution in [0.25, 0.3) is 0 Å². The van der Waals surface area contributed by atoms with Crippen LogP contribution < -0.4 is 10.6 Å². The van der Waals surface area contributed by atoms with E-state index in [1.165, 1.54) is 12.1 Å². The zero-order chi connectivity index (χ0) is 23.2. The predicted molar refractivity (Wildman–Crippen MR) is 125 cm³/mol. The Hall–Kier alpha value is -3.97. The van der Waals surface area contributed by atoms with Crippen molar-refractivity contribution in [1.29, 1.82) is 0 Å². The van der Waals surface area contributed by atoms with Gasteiger partial charge in [0.25, 0.3) is 11.8 Å². The molecule has 2 amide bonds. The fraction of sp³-hybridized carbons (Fsp3) is 0.0800. The first kappa shape index (κ1) is 22.2. The molecule has 0 bridgehead atoms. The number of benzene rings is 3. The van der Waals surface area contributed by atoms with E-state index in [4.69, 9.17) is 11.6 Å². The molecular weight excluding hydrogens is 443 g/mol. The summed E-state index contributed by atoms with van der Waals surface area (Å²) in [6.07, 6.45) is 3.25. The van der Waals surface area contributed by atoms with Crippen molar-refractivity contribution in [2.24, 2.45) is 0 Å². The van der Waals surface area contributed by atoms with Gasteiger partial charge in [-0.1, -0.05) is 35.9 Å². The maximum Gasteiger partial charge on any atom is 0.271 e. The summed E-state index contributed by atoms with van der Waals surface area (Å²) in [6, 6.07) is 20.0. The Balaban J connectivity index is 1.31. The van der Waals surface area contributed by atoms with Crippen LogP contribution >= 0.6 is 11.6 Å². The monoisotopic (exact) mass is 462 g/mol. The van der Waals surface area contributed by atoms with E-state index in [0.717, 1.165) is 11.1 Å². The van der Waals surface area contributed by atoms with Gasteiger partial charge in [0.1, 0.15) is 11.5 Å². The van der Waals surface area contributed by atoms with Crippen LogP contribution in [-0.2, 0) is 13.1 Å². The third kappa shape index (κ3) is 6.05. The van der Waals surface area contributed by atoms with E-state index < -0.39 is 0 Å². The van der Waals surface area contributed by atoms with E-state index in [0.29, 0.717) is 28.5 Å². The van der Waals surface area contributed by atoms with Crippen LogP contribution in [0.4, 0.5) is 10.1 Å². The van der Waals surface area contributed by atoms with Crippen molar-refractivity contribution < 1.29 is 14.0 Å². The summed E-state index contributed by atoms with van der Waals surface area (Å²) in [5, 5.41) is 6.19. The first-order chi connectivity index (χ1) is 16.0. The van der Waals surface area contributed by atoms with Gasteiger partial charge in [0.2, 0.25) is 0 Å². The third-order valence-electron chi connectivity index (χ3n) is 4.92. The molecule has 0 unspecified atom stereocenters. The largest absolute Gasteiger partial charge is 0.347 e. The molecule has 0 atom stereocenters. The second-order valence-corrected chi connectivity index (χ2v) is 7.83. The van der Waals surface area contributed by atoms with Gasteiger partial charge in [-0.3, -0.25) is 9.59 Å². The molecule has 2 N–H and O–H groups in total. The molecule has 0 fully saturated rings. The number of rotatable bonds is 7. The maximum atomic E-state index is 13.0. The standard InChI is InChI=1S/C25H20ClFN4O2/c26-20-7-5-19(6-8-20)24(32)30-22-11-3-18(4-12-22)14-31-15-23(29-16-31)25(33)28-13-17-1-9-21(27)10-2-17/h1-12,15-16H,13-14H2,(H,28,33)(H,30,32). The van der Waals surface area contributed by atoms with Gasteiger partial charge in [0.05, 0.1) is 6.33 Å². The van der Waals surface area contributed by atoms with Crippen molar-refractivity contribution in [3.05, 3.63) is 119 Å². The normalized spacial score (nSPS) is 10.6.